The zero-order chi connectivity index (χ0) is 22.9. The van der Waals surface area contributed by atoms with Crippen molar-refractivity contribution in [3.63, 3.8) is 0 Å². The van der Waals surface area contributed by atoms with Gasteiger partial charge in [0.15, 0.2) is 11.5 Å². The van der Waals surface area contributed by atoms with Gasteiger partial charge in [-0.05, 0) is 36.8 Å². The second-order valence-corrected chi connectivity index (χ2v) is 8.19. The maximum absolute atomic E-state index is 10.6. The van der Waals surface area contributed by atoms with E-state index in [2.05, 4.69) is 21.4 Å². The number of hydrogen-bond donors (Lipinski definition) is 2. The molecule has 0 unspecified atom stereocenters. The number of aryl methyl sites for hydroxylation is 2. The first-order valence-electron chi connectivity index (χ1n) is 10.9. The molecule has 0 amide bonds. The van der Waals surface area contributed by atoms with Gasteiger partial charge in [0.05, 0.1) is 0 Å². The Bertz CT molecular complexity index is 1440. The van der Waals surface area contributed by atoms with Gasteiger partial charge in [-0.1, -0.05) is 30.3 Å². The summed E-state index contributed by atoms with van der Waals surface area (Å²) in [6.07, 6.45) is 2.92. The molecule has 3 heterocycles. The molecular formula is C25H26N6O2. The van der Waals surface area contributed by atoms with Gasteiger partial charge in [0, 0.05) is 43.3 Å². The lowest BCUT2D eigenvalue weighted by atomic mass is 10.1. The molecule has 0 fully saturated rings. The number of nitrogens with zero attached hydrogens (tertiary/aromatic N) is 5. The average Bonchev–Trinajstić information content (AvgIpc) is 3.43. The molecule has 0 saturated carbocycles. The van der Waals surface area contributed by atoms with Gasteiger partial charge >= 0.3 is 0 Å². The predicted molar refractivity (Wildman–Crippen MR) is 129 cm³/mol. The molecule has 5 aromatic rings. The third-order valence-electron chi connectivity index (χ3n) is 5.80. The van der Waals surface area contributed by atoms with Crippen molar-refractivity contribution < 1.29 is 9.84 Å². The monoisotopic (exact) mass is 442 g/mol. The maximum atomic E-state index is 10.6. The Morgan fingerprint density at radius 1 is 1.09 bits per heavy atom. The van der Waals surface area contributed by atoms with E-state index in [1.165, 1.54) is 0 Å². The number of anilines is 1. The number of ether oxygens (including phenoxy) is 1. The Hall–Kier alpha value is -3.91. The number of aliphatic hydroxyl groups excluding tert-OH is 1. The third-order valence-corrected chi connectivity index (χ3v) is 5.80. The van der Waals surface area contributed by atoms with E-state index in [9.17, 15) is 5.11 Å². The highest BCUT2D eigenvalue weighted by Crippen LogP contribution is 2.24. The molecule has 33 heavy (non-hydrogen) atoms. The summed E-state index contributed by atoms with van der Waals surface area (Å²) in [4.78, 5) is 9.04. The molecule has 8 heteroatoms. The van der Waals surface area contributed by atoms with E-state index in [4.69, 9.17) is 9.84 Å². The fourth-order valence-electron chi connectivity index (χ4n) is 3.85. The highest BCUT2D eigenvalue weighted by Gasteiger charge is 2.16. The molecule has 0 saturated heterocycles. The van der Waals surface area contributed by atoms with E-state index >= 15 is 0 Å². The molecule has 8 nitrogen and oxygen atoms in total. The minimum absolute atomic E-state index is 0.176. The fourth-order valence-corrected chi connectivity index (χ4v) is 3.85. The number of nitrogens with one attached hydrogen (secondary N) is 1. The first-order chi connectivity index (χ1) is 16.0. The predicted octanol–water partition coefficient (Wildman–Crippen LogP) is 3.75. The van der Waals surface area contributed by atoms with Crippen LogP contribution in [0.4, 0.5) is 5.82 Å². The number of fused-ring (bicyclic) bond motifs is 2. The summed E-state index contributed by atoms with van der Waals surface area (Å²) in [5.41, 5.74) is 3.33. The Balaban J connectivity index is 1.31. The van der Waals surface area contributed by atoms with Crippen LogP contribution in [0.15, 0.2) is 60.9 Å². The topological polar surface area (TPSA) is 89.5 Å². The fraction of sp³-hybridized carbons (Fsp3) is 0.240. The lowest BCUT2D eigenvalue weighted by molar-refractivity contribution is 0.117. The van der Waals surface area contributed by atoms with Crippen LogP contribution in [-0.2, 0) is 7.05 Å². The average molecular weight is 443 g/mol. The van der Waals surface area contributed by atoms with Crippen LogP contribution in [0.2, 0.25) is 0 Å². The van der Waals surface area contributed by atoms with Crippen LogP contribution in [-0.4, -0.2) is 48.5 Å². The summed E-state index contributed by atoms with van der Waals surface area (Å²) in [7, 11) is 1.93. The molecule has 0 aliphatic carbocycles. The van der Waals surface area contributed by atoms with Gasteiger partial charge in [0.2, 0.25) is 0 Å². The smallest absolute Gasteiger partial charge is 0.160 e. The van der Waals surface area contributed by atoms with Gasteiger partial charge in [-0.2, -0.15) is 9.61 Å². The Morgan fingerprint density at radius 3 is 2.70 bits per heavy atom. The van der Waals surface area contributed by atoms with E-state index in [1.54, 1.807) is 10.7 Å². The molecule has 0 aliphatic rings. The zero-order valence-electron chi connectivity index (χ0n) is 18.9. The number of rotatable bonds is 7. The number of hydrogen-bond acceptors (Lipinski definition) is 6. The van der Waals surface area contributed by atoms with Crippen LogP contribution in [0.1, 0.15) is 11.3 Å². The van der Waals surface area contributed by atoms with Gasteiger partial charge in [-0.25, -0.2) is 9.97 Å². The molecule has 1 atom stereocenters. The largest absolute Gasteiger partial charge is 0.491 e. The second-order valence-electron chi connectivity index (χ2n) is 8.19. The second kappa shape index (κ2) is 8.55. The minimum atomic E-state index is -0.705. The summed E-state index contributed by atoms with van der Waals surface area (Å²) in [5.74, 6) is 2.30. The van der Waals surface area contributed by atoms with E-state index in [0.29, 0.717) is 6.54 Å². The molecule has 0 aliphatic heterocycles. The molecule has 5 rings (SSSR count). The van der Waals surface area contributed by atoms with E-state index < -0.39 is 6.10 Å². The van der Waals surface area contributed by atoms with Crippen molar-refractivity contribution in [2.24, 2.45) is 7.05 Å². The van der Waals surface area contributed by atoms with Crippen molar-refractivity contribution in [2.75, 3.05) is 18.5 Å². The lowest BCUT2D eigenvalue weighted by Gasteiger charge is -2.17. The first-order valence-corrected chi connectivity index (χ1v) is 10.9. The zero-order valence-corrected chi connectivity index (χ0v) is 18.9. The number of imidazole rings is 1. The summed E-state index contributed by atoms with van der Waals surface area (Å²) in [6.45, 7) is 4.44. The Morgan fingerprint density at radius 2 is 1.91 bits per heavy atom. The van der Waals surface area contributed by atoms with E-state index in [1.807, 2.05) is 74.1 Å². The van der Waals surface area contributed by atoms with Crippen molar-refractivity contribution in [3.8, 4) is 17.3 Å². The standard InChI is InChI=1S/C25H26N6O2/c1-16-17(2)28-23-13-22(25-26-10-11-30(25)3)29-31(23)24(16)27-14-20(32)15-33-21-9-8-18-6-4-5-7-19(18)12-21/h4-13,20,27,32H,14-15H2,1-3H3/t20-/m0/s1. The van der Waals surface area contributed by atoms with Gasteiger partial charge in [0.1, 0.15) is 30.0 Å². The van der Waals surface area contributed by atoms with Crippen molar-refractivity contribution >= 4 is 22.2 Å². The van der Waals surface area contributed by atoms with Crippen molar-refractivity contribution in [1.29, 1.82) is 0 Å². The molecule has 0 radical (unpaired) electrons. The summed E-state index contributed by atoms with van der Waals surface area (Å²) < 4.78 is 9.52. The molecule has 2 aromatic carbocycles. The van der Waals surface area contributed by atoms with Gasteiger partial charge < -0.3 is 19.7 Å². The third kappa shape index (κ3) is 4.12. The lowest BCUT2D eigenvalue weighted by Crippen LogP contribution is -2.27. The van der Waals surface area contributed by atoms with E-state index in [0.717, 1.165) is 50.8 Å². The molecule has 168 valence electrons. The van der Waals surface area contributed by atoms with Gasteiger partial charge in [-0.15, -0.1) is 0 Å². The number of benzene rings is 2. The maximum Gasteiger partial charge on any atom is 0.160 e. The summed E-state index contributed by atoms with van der Waals surface area (Å²) >= 11 is 0. The van der Waals surface area contributed by atoms with Crippen LogP contribution in [0, 0.1) is 13.8 Å². The quantitative estimate of drug-likeness (QED) is 0.399. The van der Waals surface area contributed by atoms with Crippen LogP contribution < -0.4 is 10.1 Å². The highest BCUT2D eigenvalue weighted by atomic mass is 16.5. The first kappa shape index (κ1) is 21.0. The molecule has 3 aromatic heterocycles. The van der Waals surface area contributed by atoms with E-state index in [-0.39, 0.29) is 6.61 Å². The SMILES string of the molecule is Cc1nc2cc(-c3nccn3C)nn2c(NC[C@H](O)COc2ccc3ccccc3c2)c1C. The summed E-state index contributed by atoms with van der Waals surface area (Å²) in [5, 5.41) is 20.9. The highest BCUT2D eigenvalue weighted by molar-refractivity contribution is 5.83. The Kier molecular flexibility index (Phi) is 5.43. The van der Waals surface area contributed by atoms with Gasteiger partial charge in [0.25, 0.3) is 0 Å². The van der Waals surface area contributed by atoms with Crippen molar-refractivity contribution in [2.45, 2.75) is 20.0 Å². The minimum Gasteiger partial charge on any atom is -0.491 e. The van der Waals surface area contributed by atoms with Crippen LogP contribution in [0.5, 0.6) is 5.75 Å². The molecular weight excluding hydrogens is 416 g/mol. The normalized spacial score (nSPS) is 12.4. The number of aliphatic hydroxyl groups is 1. The molecule has 0 bridgehead atoms. The van der Waals surface area contributed by atoms with Crippen LogP contribution in [0.25, 0.3) is 27.9 Å². The van der Waals surface area contributed by atoms with Crippen molar-refractivity contribution in [1.82, 2.24) is 24.1 Å². The summed E-state index contributed by atoms with van der Waals surface area (Å²) in [6, 6.07) is 16.0. The Labute approximate surface area is 191 Å². The van der Waals surface area contributed by atoms with Crippen LogP contribution >= 0.6 is 0 Å². The molecule has 0 spiro atoms. The molecule has 2 N–H and O–H groups in total. The van der Waals surface area contributed by atoms with Crippen LogP contribution in [0.3, 0.4) is 0 Å². The van der Waals surface area contributed by atoms with Gasteiger partial charge in [-0.3, -0.25) is 0 Å². The van der Waals surface area contributed by atoms with Crippen molar-refractivity contribution in [3.05, 3.63) is 72.2 Å². The number of aromatic nitrogens is 5.